The summed E-state index contributed by atoms with van der Waals surface area (Å²) in [5, 5.41) is 43.1. The molecule has 0 aliphatic carbocycles. The van der Waals surface area contributed by atoms with Crippen LogP contribution in [0.5, 0.6) is 0 Å². The molecular weight excluding hydrogens is 703 g/mol. The molecule has 0 radical (unpaired) electrons. The maximum atomic E-state index is 10.1. The van der Waals surface area contributed by atoms with Gasteiger partial charge in [0.1, 0.15) is 0 Å². The molecule has 3 aliphatic rings. The maximum absolute atomic E-state index is 10.1. The Balaban J connectivity index is 1.32. The normalized spacial score (nSPS) is 21.5. The number of hydrogen-bond donors (Lipinski definition) is 6. The number of aliphatic hydroxyl groups is 4. The van der Waals surface area contributed by atoms with Crippen LogP contribution < -0.4 is 20.9 Å². The van der Waals surface area contributed by atoms with Crippen LogP contribution >= 0.6 is 0 Å². The van der Waals surface area contributed by atoms with E-state index < -0.39 is 0 Å². The van der Waals surface area contributed by atoms with E-state index >= 15 is 0 Å². The third-order valence-electron chi connectivity index (χ3n) is 11.2. The summed E-state index contributed by atoms with van der Waals surface area (Å²) in [6.45, 7) is 17.0. The number of likely N-dealkylation sites (N-methyl/N-ethyl adjacent to an activating group) is 1. The standard InChI is InChI=1S/C38H69N13O4/c1-44-9-18-50(19-10-44)37-41-36(42-38(43-37)51-21-16-45(17-22-51)8-2-7-39)40-34-5-3-33(4-6-34)31-35-32-48(25-29-54)14-13-46(23-27-52)11-12-47(24-28-53)15-20-49(35)26-30-55/h3-6,35,52-55H,2,7-32,39H2,1H3,(H,40,41,42,43). The molecular formula is C38H69N13O4. The summed E-state index contributed by atoms with van der Waals surface area (Å²) in [4.78, 5) is 33.3. The average molecular weight is 772 g/mol. The van der Waals surface area contributed by atoms with E-state index in [2.05, 4.69) is 75.8 Å². The highest BCUT2D eigenvalue weighted by Crippen LogP contribution is 2.23. The van der Waals surface area contributed by atoms with Crippen LogP contribution in [-0.2, 0) is 6.42 Å². The third-order valence-corrected chi connectivity index (χ3v) is 11.2. The van der Waals surface area contributed by atoms with Gasteiger partial charge in [0.05, 0.1) is 26.4 Å². The Kier molecular flexibility index (Phi) is 18.5. The van der Waals surface area contributed by atoms with Gasteiger partial charge in [0, 0.05) is 136 Å². The van der Waals surface area contributed by atoms with Gasteiger partial charge in [-0.3, -0.25) is 24.5 Å². The van der Waals surface area contributed by atoms with Crippen LogP contribution in [-0.4, -0.2) is 242 Å². The van der Waals surface area contributed by atoms with Gasteiger partial charge in [0.25, 0.3) is 0 Å². The van der Waals surface area contributed by atoms with Gasteiger partial charge >= 0.3 is 0 Å². The molecule has 5 rings (SSSR count). The summed E-state index contributed by atoms with van der Waals surface area (Å²) < 4.78 is 0. The van der Waals surface area contributed by atoms with Crippen LogP contribution in [0.4, 0.5) is 23.5 Å². The first kappa shape index (κ1) is 43.3. The predicted molar refractivity (Wildman–Crippen MR) is 218 cm³/mol. The van der Waals surface area contributed by atoms with Crippen molar-refractivity contribution in [2.45, 2.75) is 18.9 Å². The maximum Gasteiger partial charge on any atom is 0.233 e. The van der Waals surface area contributed by atoms with E-state index in [0.29, 0.717) is 50.6 Å². The van der Waals surface area contributed by atoms with Crippen molar-refractivity contribution in [3.05, 3.63) is 29.8 Å². The van der Waals surface area contributed by atoms with E-state index in [1.807, 2.05) is 0 Å². The van der Waals surface area contributed by atoms with E-state index in [-0.39, 0.29) is 32.5 Å². The van der Waals surface area contributed by atoms with E-state index in [0.717, 1.165) is 123 Å². The summed E-state index contributed by atoms with van der Waals surface area (Å²) in [5.74, 6) is 1.95. The molecule has 1 aromatic carbocycles. The van der Waals surface area contributed by atoms with Crippen molar-refractivity contribution >= 4 is 23.5 Å². The number of nitrogens with two attached hydrogens (primary N) is 1. The van der Waals surface area contributed by atoms with Gasteiger partial charge in [0.15, 0.2) is 0 Å². The van der Waals surface area contributed by atoms with Gasteiger partial charge in [-0.2, -0.15) is 15.0 Å². The van der Waals surface area contributed by atoms with Crippen LogP contribution in [0, 0.1) is 0 Å². The highest BCUT2D eigenvalue weighted by atomic mass is 16.3. The number of anilines is 4. The zero-order valence-electron chi connectivity index (χ0n) is 33.3. The average Bonchev–Trinajstić information content (AvgIpc) is 3.20. The van der Waals surface area contributed by atoms with Gasteiger partial charge in [-0.15, -0.1) is 0 Å². The van der Waals surface area contributed by atoms with Gasteiger partial charge in [-0.05, 0) is 50.7 Å². The summed E-state index contributed by atoms with van der Waals surface area (Å²) in [6.07, 6.45) is 1.77. The van der Waals surface area contributed by atoms with E-state index in [4.69, 9.17) is 20.7 Å². The number of aliphatic hydroxyl groups excluding tert-OH is 4. The number of rotatable bonds is 17. The van der Waals surface area contributed by atoms with E-state index in [1.54, 1.807) is 0 Å². The van der Waals surface area contributed by atoms with Gasteiger partial charge in [-0.25, -0.2) is 0 Å². The zero-order chi connectivity index (χ0) is 38.8. The Hall–Kier alpha value is -2.81. The zero-order valence-corrected chi connectivity index (χ0v) is 33.3. The van der Waals surface area contributed by atoms with Crippen LogP contribution in [0.25, 0.3) is 0 Å². The Bertz CT molecular complexity index is 1350. The Morgan fingerprint density at radius 2 is 1.09 bits per heavy atom. The molecule has 4 heterocycles. The Morgan fingerprint density at radius 1 is 0.600 bits per heavy atom. The number of piperazine rings is 2. The fourth-order valence-electron chi connectivity index (χ4n) is 7.75. The molecule has 0 saturated carbocycles. The number of hydrogen-bond acceptors (Lipinski definition) is 17. The molecule has 1 atom stereocenters. The monoisotopic (exact) mass is 772 g/mol. The lowest BCUT2D eigenvalue weighted by molar-refractivity contribution is 0.0699. The molecule has 310 valence electrons. The van der Waals surface area contributed by atoms with Crippen molar-refractivity contribution in [1.29, 1.82) is 0 Å². The van der Waals surface area contributed by atoms with Crippen molar-refractivity contribution in [2.75, 3.05) is 186 Å². The lowest BCUT2D eigenvalue weighted by Crippen LogP contribution is -2.52. The molecule has 0 spiro atoms. The second-order valence-electron chi connectivity index (χ2n) is 15.1. The van der Waals surface area contributed by atoms with Crippen molar-refractivity contribution in [3.8, 4) is 0 Å². The molecule has 0 amide bonds. The molecule has 0 bridgehead atoms. The molecule has 1 unspecified atom stereocenters. The van der Waals surface area contributed by atoms with Crippen molar-refractivity contribution in [2.24, 2.45) is 5.73 Å². The quantitative estimate of drug-likeness (QED) is 0.103. The number of benzene rings is 1. The molecule has 7 N–H and O–H groups in total. The van der Waals surface area contributed by atoms with Crippen molar-refractivity contribution in [1.82, 2.24) is 44.4 Å². The fraction of sp³-hybridized carbons (Fsp3) is 0.763. The minimum Gasteiger partial charge on any atom is -0.395 e. The number of aromatic nitrogens is 3. The lowest BCUT2D eigenvalue weighted by atomic mass is 10.0. The molecule has 3 fully saturated rings. The topological polar surface area (TPSA) is 184 Å². The number of nitrogens with zero attached hydrogens (tertiary/aromatic N) is 11. The molecule has 2 aromatic rings. The largest absolute Gasteiger partial charge is 0.395 e. The summed E-state index contributed by atoms with van der Waals surface area (Å²) in [7, 11) is 2.15. The second-order valence-corrected chi connectivity index (χ2v) is 15.1. The summed E-state index contributed by atoms with van der Waals surface area (Å²) >= 11 is 0. The third kappa shape index (κ3) is 14.0. The SMILES string of the molecule is CN1CCN(c2nc(Nc3ccc(CC4CN(CCO)CCN(CCO)CCN(CCO)CCN4CCO)cc3)nc(N3CCN(CCCN)CC3)n2)CC1. The number of nitrogens with one attached hydrogen (secondary N) is 1. The van der Waals surface area contributed by atoms with Crippen LogP contribution in [0.2, 0.25) is 0 Å². The summed E-state index contributed by atoms with van der Waals surface area (Å²) in [6, 6.07) is 8.55. The molecule has 1 aromatic heterocycles. The highest BCUT2D eigenvalue weighted by Gasteiger charge is 2.26. The first-order valence-electron chi connectivity index (χ1n) is 20.5. The second kappa shape index (κ2) is 23.4. The minimum absolute atomic E-state index is 0.0532. The number of β-amino-alcohol motifs (C(OH)–C–C–N with tert-alkyl or cyclic N) is 4. The highest BCUT2D eigenvalue weighted by molar-refractivity contribution is 5.57. The van der Waals surface area contributed by atoms with Gasteiger partial charge in [-0.1, -0.05) is 12.1 Å². The van der Waals surface area contributed by atoms with E-state index in [9.17, 15) is 20.4 Å². The van der Waals surface area contributed by atoms with Gasteiger partial charge < -0.3 is 46.2 Å². The summed E-state index contributed by atoms with van der Waals surface area (Å²) in [5.41, 5.74) is 7.83. The first-order chi connectivity index (χ1) is 26.9. The van der Waals surface area contributed by atoms with Gasteiger partial charge in [0.2, 0.25) is 17.8 Å². The van der Waals surface area contributed by atoms with E-state index in [1.165, 1.54) is 5.56 Å². The lowest BCUT2D eigenvalue weighted by Gasteiger charge is -2.38. The van der Waals surface area contributed by atoms with Crippen LogP contribution in [0.3, 0.4) is 0 Å². The minimum atomic E-state index is 0.0532. The smallest absolute Gasteiger partial charge is 0.233 e. The molecule has 55 heavy (non-hydrogen) atoms. The molecule has 3 aliphatic heterocycles. The molecule has 17 nitrogen and oxygen atoms in total. The Labute approximate surface area is 328 Å². The fourth-order valence-corrected chi connectivity index (χ4v) is 7.75. The van der Waals surface area contributed by atoms with Crippen molar-refractivity contribution < 1.29 is 20.4 Å². The Morgan fingerprint density at radius 3 is 1.65 bits per heavy atom. The molecule has 17 heteroatoms. The van der Waals surface area contributed by atoms with Crippen molar-refractivity contribution in [3.63, 3.8) is 0 Å². The first-order valence-corrected chi connectivity index (χ1v) is 20.5. The molecule has 3 saturated heterocycles. The predicted octanol–water partition coefficient (Wildman–Crippen LogP) is -2.06. The van der Waals surface area contributed by atoms with Crippen LogP contribution in [0.15, 0.2) is 24.3 Å². The van der Waals surface area contributed by atoms with Crippen LogP contribution in [0.1, 0.15) is 12.0 Å².